The van der Waals surface area contributed by atoms with E-state index >= 15 is 0 Å². The van der Waals surface area contributed by atoms with Gasteiger partial charge in [-0.15, -0.1) is 10.2 Å². The molecule has 80 valence electrons. The maximum atomic E-state index is 5.05. The van der Waals surface area contributed by atoms with Crippen LogP contribution in [0.2, 0.25) is 0 Å². The highest BCUT2D eigenvalue weighted by Gasteiger charge is 2.14. The van der Waals surface area contributed by atoms with Crippen molar-refractivity contribution in [2.75, 3.05) is 25.2 Å². The van der Waals surface area contributed by atoms with E-state index in [1.807, 2.05) is 0 Å². The molecule has 0 unspecified atom stereocenters. The van der Waals surface area contributed by atoms with Crippen molar-refractivity contribution in [1.82, 2.24) is 10.2 Å². The summed E-state index contributed by atoms with van der Waals surface area (Å²) in [6.07, 6.45) is 0. The Bertz CT molecular complexity index is 279. The minimum absolute atomic E-state index is 0.407. The highest BCUT2D eigenvalue weighted by Crippen LogP contribution is 2.25. The third-order valence-corrected chi connectivity index (χ3v) is 3.19. The number of nitrogens with zero attached hydrogens (tertiary/aromatic N) is 3. The van der Waals surface area contributed by atoms with Gasteiger partial charge in [-0.05, 0) is 29.8 Å². The fraction of sp³-hybridized carbons (Fsp3) is 0.750. The zero-order valence-electron chi connectivity index (χ0n) is 8.53. The molecule has 0 aliphatic heterocycles. The maximum Gasteiger partial charge on any atom is 0.209 e. The van der Waals surface area contributed by atoms with E-state index in [9.17, 15) is 0 Å². The Labute approximate surface area is 96.4 Å². The number of ether oxygens (including phenoxy) is 1. The lowest BCUT2D eigenvalue weighted by atomic mass is 10.3. The van der Waals surface area contributed by atoms with E-state index in [0.29, 0.717) is 12.6 Å². The molecule has 0 N–H and O–H groups in total. The molecule has 1 rings (SSSR count). The van der Waals surface area contributed by atoms with Crippen molar-refractivity contribution in [2.24, 2.45) is 0 Å². The van der Waals surface area contributed by atoms with Crippen molar-refractivity contribution in [3.63, 3.8) is 0 Å². The highest BCUT2D eigenvalue weighted by atomic mass is 79.9. The minimum atomic E-state index is 0.407. The van der Waals surface area contributed by atoms with Gasteiger partial charge in [0.25, 0.3) is 0 Å². The first kappa shape index (κ1) is 11.9. The molecule has 0 saturated carbocycles. The van der Waals surface area contributed by atoms with Gasteiger partial charge in [0.05, 0.1) is 6.61 Å². The Morgan fingerprint density at radius 3 is 2.64 bits per heavy atom. The van der Waals surface area contributed by atoms with E-state index in [2.05, 4.69) is 44.9 Å². The Morgan fingerprint density at radius 1 is 1.50 bits per heavy atom. The standard InChI is InChI=1S/C8H14BrN3OS/c1-6(2)12(4-5-13-3)8-11-10-7(9)14-8/h6H,4-5H2,1-3H3. The smallest absolute Gasteiger partial charge is 0.209 e. The van der Waals surface area contributed by atoms with Crippen molar-refractivity contribution in [2.45, 2.75) is 19.9 Å². The number of anilines is 1. The molecule has 0 aliphatic rings. The molecule has 0 aromatic carbocycles. The first-order valence-corrected chi connectivity index (χ1v) is 6.00. The van der Waals surface area contributed by atoms with Crippen LogP contribution in [-0.2, 0) is 4.74 Å². The molecule has 1 aromatic heterocycles. The van der Waals surface area contributed by atoms with Gasteiger partial charge in [0, 0.05) is 19.7 Å². The van der Waals surface area contributed by atoms with E-state index in [1.165, 1.54) is 11.3 Å². The van der Waals surface area contributed by atoms with Crippen LogP contribution in [0.5, 0.6) is 0 Å². The van der Waals surface area contributed by atoms with Gasteiger partial charge in [0.1, 0.15) is 0 Å². The lowest BCUT2D eigenvalue weighted by molar-refractivity contribution is 0.204. The van der Waals surface area contributed by atoms with Crippen molar-refractivity contribution < 1.29 is 4.74 Å². The Balaban J connectivity index is 2.67. The van der Waals surface area contributed by atoms with Gasteiger partial charge >= 0.3 is 0 Å². The molecule has 14 heavy (non-hydrogen) atoms. The summed E-state index contributed by atoms with van der Waals surface area (Å²) in [6.45, 7) is 5.81. The quantitative estimate of drug-likeness (QED) is 0.828. The van der Waals surface area contributed by atoms with Gasteiger partial charge in [-0.3, -0.25) is 0 Å². The summed E-state index contributed by atoms with van der Waals surface area (Å²) in [5, 5.41) is 8.95. The van der Waals surface area contributed by atoms with Crippen molar-refractivity contribution >= 4 is 32.4 Å². The van der Waals surface area contributed by atoms with E-state index in [0.717, 1.165) is 15.6 Å². The number of hydrogen-bond donors (Lipinski definition) is 0. The van der Waals surface area contributed by atoms with Crippen molar-refractivity contribution in [1.29, 1.82) is 0 Å². The number of rotatable bonds is 5. The molecule has 0 saturated heterocycles. The predicted molar refractivity (Wildman–Crippen MR) is 62.0 cm³/mol. The molecular weight excluding hydrogens is 266 g/mol. The van der Waals surface area contributed by atoms with Crippen molar-refractivity contribution in [3.05, 3.63) is 3.92 Å². The summed E-state index contributed by atoms with van der Waals surface area (Å²) in [6, 6.07) is 0.407. The number of halogens is 1. The SMILES string of the molecule is COCCN(c1nnc(Br)s1)C(C)C. The van der Waals surface area contributed by atoms with Crippen LogP contribution in [0.4, 0.5) is 5.13 Å². The lowest BCUT2D eigenvalue weighted by Gasteiger charge is -2.24. The number of aromatic nitrogens is 2. The summed E-state index contributed by atoms with van der Waals surface area (Å²) in [5.41, 5.74) is 0. The topological polar surface area (TPSA) is 38.2 Å². The Morgan fingerprint density at radius 2 is 2.21 bits per heavy atom. The second-order valence-electron chi connectivity index (χ2n) is 3.12. The number of methoxy groups -OCH3 is 1. The average Bonchev–Trinajstić information content (AvgIpc) is 2.52. The fourth-order valence-electron chi connectivity index (χ4n) is 1.08. The van der Waals surface area contributed by atoms with E-state index in [-0.39, 0.29) is 0 Å². The fourth-order valence-corrected chi connectivity index (χ4v) is 2.33. The molecular formula is C8H14BrN3OS. The summed E-state index contributed by atoms with van der Waals surface area (Å²) in [4.78, 5) is 2.17. The molecule has 1 aromatic rings. The normalized spacial score (nSPS) is 10.9. The average molecular weight is 280 g/mol. The van der Waals surface area contributed by atoms with Gasteiger partial charge in [-0.1, -0.05) is 11.3 Å². The molecule has 0 amide bonds. The molecule has 0 radical (unpaired) electrons. The van der Waals surface area contributed by atoms with Crippen LogP contribution in [0.25, 0.3) is 0 Å². The zero-order chi connectivity index (χ0) is 10.6. The summed E-state index contributed by atoms with van der Waals surface area (Å²) in [5.74, 6) is 0. The van der Waals surface area contributed by atoms with Gasteiger partial charge in [0.15, 0.2) is 3.92 Å². The third kappa shape index (κ3) is 3.18. The molecule has 0 atom stereocenters. The first-order valence-electron chi connectivity index (χ1n) is 4.39. The minimum Gasteiger partial charge on any atom is -0.383 e. The van der Waals surface area contributed by atoms with Crippen LogP contribution in [0, 0.1) is 0 Å². The van der Waals surface area contributed by atoms with E-state index in [4.69, 9.17) is 4.74 Å². The number of hydrogen-bond acceptors (Lipinski definition) is 5. The summed E-state index contributed by atoms with van der Waals surface area (Å²) in [7, 11) is 1.70. The molecule has 0 spiro atoms. The van der Waals surface area contributed by atoms with E-state index in [1.54, 1.807) is 7.11 Å². The van der Waals surface area contributed by atoms with Gasteiger partial charge < -0.3 is 9.64 Å². The second kappa shape index (κ2) is 5.63. The van der Waals surface area contributed by atoms with Gasteiger partial charge in [0.2, 0.25) is 5.13 Å². The van der Waals surface area contributed by atoms with Crippen LogP contribution in [0.15, 0.2) is 3.92 Å². The first-order chi connectivity index (χ1) is 6.65. The third-order valence-electron chi connectivity index (χ3n) is 1.80. The molecule has 6 heteroatoms. The molecule has 0 bridgehead atoms. The molecule has 4 nitrogen and oxygen atoms in total. The Hall–Kier alpha value is -0.200. The van der Waals surface area contributed by atoms with Crippen LogP contribution >= 0.6 is 27.3 Å². The second-order valence-corrected chi connectivity index (χ2v) is 5.35. The van der Waals surface area contributed by atoms with Crippen LogP contribution in [0.3, 0.4) is 0 Å². The van der Waals surface area contributed by atoms with Crippen LogP contribution in [0.1, 0.15) is 13.8 Å². The van der Waals surface area contributed by atoms with E-state index < -0.39 is 0 Å². The lowest BCUT2D eigenvalue weighted by Crippen LogP contribution is -2.33. The van der Waals surface area contributed by atoms with Crippen LogP contribution < -0.4 is 4.90 Å². The monoisotopic (exact) mass is 279 g/mol. The van der Waals surface area contributed by atoms with Gasteiger partial charge in [-0.2, -0.15) is 0 Å². The predicted octanol–water partition coefficient (Wildman–Crippen LogP) is 2.16. The Kier molecular flexibility index (Phi) is 4.77. The summed E-state index contributed by atoms with van der Waals surface area (Å²) >= 11 is 4.84. The van der Waals surface area contributed by atoms with Crippen LogP contribution in [-0.4, -0.2) is 36.5 Å². The van der Waals surface area contributed by atoms with Crippen molar-refractivity contribution in [3.8, 4) is 0 Å². The highest BCUT2D eigenvalue weighted by molar-refractivity contribution is 9.11. The molecule has 1 heterocycles. The molecule has 0 aliphatic carbocycles. The van der Waals surface area contributed by atoms with Gasteiger partial charge in [-0.25, -0.2) is 0 Å². The molecule has 0 fully saturated rings. The maximum absolute atomic E-state index is 5.05. The zero-order valence-corrected chi connectivity index (χ0v) is 10.9. The summed E-state index contributed by atoms with van der Waals surface area (Å²) < 4.78 is 5.87. The largest absolute Gasteiger partial charge is 0.383 e.